The van der Waals surface area contributed by atoms with E-state index < -0.39 is 0 Å². The number of hydrazine groups is 1. The second-order valence-corrected chi connectivity index (χ2v) is 3.05. The van der Waals surface area contributed by atoms with Crippen LogP contribution in [0.5, 0.6) is 5.88 Å². The topological polar surface area (TPSA) is 84.6 Å². The van der Waals surface area contributed by atoms with Crippen LogP contribution in [-0.4, -0.2) is 24.6 Å². The maximum absolute atomic E-state index is 5.29. The van der Waals surface area contributed by atoms with Crippen LogP contribution < -0.4 is 21.3 Å². The van der Waals surface area contributed by atoms with Gasteiger partial charge in [-0.05, 0) is 12.5 Å². The Morgan fingerprint density at radius 1 is 1.56 bits per heavy atom. The smallest absolute Gasteiger partial charge is 0.212 e. The minimum Gasteiger partial charge on any atom is -0.481 e. The molecule has 6 nitrogen and oxygen atoms in total. The summed E-state index contributed by atoms with van der Waals surface area (Å²) >= 11 is 0. The van der Waals surface area contributed by atoms with Crippen molar-refractivity contribution in [2.24, 2.45) is 10.8 Å². The highest BCUT2D eigenvalue weighted by molar-refractivity contribution is 5.79. The van der Waals surface area contributed by atoms with Crippen LogP contribution in [-0.2, 0) is 6.54 Å². The molecule has 1 rings (SSSR count). The van der Waals surface area contributed by atoms with E-state index in [1.54, 1.807) is 19.4 Å². The third kappa shape index (κ3) is 3.74. The molecule has 16 heavy (non-hydrogen) atoms. The number of guanidine groups is 1. The summed E-state index contributed by atoms with van der Waals surface area (Å²) in [6, 6.07) is 3.71. The molecule has 0 aliphatic carbocycles. The quantitative estimate of drug-likeness (QED) is 0.290. The normalized spacial score (nSPS) is 11.1. The van der Waals surface area contributed by atoms with E-state index in [4.69, 9.17) is 10.6 Å². The van der Waals surface area contributed by atoms with Crippen molar-refractivity contribution < 1.29 is 4.74 Å². The van der Waals surface area contributed by atoms with Crippen LogP contribution in [0, 0.1) is 0 Å². The van der Waals surface area contributed by atoms with Crippen molar-refractivity contribution in [2.75, 3.05) is 13.7 Å². The fraction of sp³-hybridized carbons (Fsp3) is 0.400. The van der Waals surface area contributed by atoms with E-state index in [2.05, 4.69) is 20.7 Å². The zero-order valence-corrected chi connectivity index (χ0v) is 9.53. The molecular formula is C10H17N5O. The van der Waals surface area contributed by atoms with Gasteiger partial charge in [0.05, 0.1) is 13.7 Å². The second kappa shape index (κ2) is 6.62. The maximum atomic E-state index is 5.29. The van der Waals surface area contributed by atoms with E-state index >= 15 is 0 Å². The summed E-state index contributed by atoms with van der Waals surface area (Å²) in [7, 11) is 1.59. The minimum atomic E-state index is 0.517. The lowest BCUT2D eigenvalue weighted by molar-refractivity contribution is 0.397. The lowest BCUT2D eigenvalue weighted by atomic mass is 10.3. The number of methoxy groups -OCH3 is 1. The van der Waals surface area contributed by atoms with E-state index in [-0.39, 0.29) is 0 Å². The van der Waals surface area contributed by atoms with Gasteiger partial charge in [-0.1, -0.05) is 6.07 Å². The molecule has 0 aliphatic rings. The van der Waals surface area contributed by atoms with Gasteiger partial charge >= 0.3 is 0 Å². The number of nitrogens with zero attached hydrogens (tertiary/aromatic N) is 2. The van der Waals surface area contributed by atoms with Crippen molar-refractivity contribution in [3.63, 3.8) is 0 Å². The van der Waals surface area contributed by atoms with Gasteiger partial charge in [-0.2, -0.15) is 0 Å². The first-order chi connectivity index (χ1) is 7.80. The minimum absolute atomic E-state index is 0.517. The van der Waals surface area contributed by atoms with Gasteiger partial charge in [-0.15, -0.1) is 0 Å². The number of ether oxygens (including phenoxy) is 1. The van der Waals surface area contributed by atoms with Gasteiger partial charge in [0.1, 0.15) is 0 Å². The summed E-state index contributed by atoms with van der Waals surface area (Å²) in [6.45, 7) is 3.26. The zero-order chi connectivity index (χ0) is 11.8. The molecular weight excluding hydrogens is 206 g/mol. The highest BCUT2D eigenvalue weighted by Crippen LogP contribution is 2.07. The van der Waals surface area contributed by atoms with Crippen molar-refractivity contribution in [3.8, 4) is 5.88 Å². The van der Waals surface area contributed by atoms with Crippen molar-refractivity contribution in [1.29, 1.82) is 0 Å². The number of hydrogen-bond donors (Lipinski definition) is 3. The Kier molecular flexibility index (Phi) is 5.07. The number of pyridine rings is 1. The van der Waals surface area contributed by atoms with Crippen LogP contribution in [0.4, 0.5) is 0 Å². The lowest BCUT2D eigenvalue weighted by Gasteiger charge is -2.06. The Balaban J connectivity index is 2.58. The number of rotatable bonds is 4. The van der Waals surface area contributed by atoms with Crippen molar-refractivity contribution >= 4 is 5.96 Å². The Labute approximate surface area is 94.9 Å². The molecule has 0 aromatic carbocycles. The van der Waals surface area contributed by atoms with Crippen molar-refractivity contribution in [3.05, 3.63) is 23.9 Å². The summed E-state index contributed by atoms with van der Waals surface area (Å²) in [5, 5.41) is 2.99. The summed E-state index contributed by atoms with van der Waals surface area (Å²) in [5.41, 5.74) is 3.48. The number of nitrogens with two attached hydrogens (primary N) is 1. The fourth-order valence-corrected chi connectivity index (χ4v) is 1.12. The molecule has 0 saturated carbocycles. The van der Waals surface area contributed by atoms with Gasteiger partial charge in [0.15, 0.2) is 0 Å². The van der Waals surface area contributed by atoms with Gasteiger partial charge in [0.25, 0.3) is 0 Å². The largest absolute Gasteiger partial charge is 0.481 e. The van der Waals surface area contributed by atoms with Crippen LogP contribution in [0.1, 0.15) is 12.5 Å². The van der Waals surface area contributed by atoms with Gasteiger partial charge in [-0.3, -0.25) is 5.43 Å². The van der Waals surface area contributed by atoms with Gasteiger partial charge in [0, 0.05) is 18.8 Å². The van der Waals surface area contributed by atoms with Gasteiger partial charge in [0.2, 0.25) is 11.8 Å². The first kappa shape index (κ1) is 12.3. The Morgan fingerprint density at radius 2 is 2.38 bits per heavy atom. The molecule has 0 radical (unpaired) electrons. The van der Waals surface area contributed by atoms with Crippen molar-refractivity contribution in [2.45, 2.75) is 13.5 Å². The van der Waals surface area contributed by atoms with E-state index in [0.29, 0.717) is 18.4 Å². The van der Waals surface area contributed by atoms with E-state index in [1.165, 1.54) is 0 Å². The fourth-order valence-electron chi connectivity index (χ4n) is 1.12. The molecule has 0 unspecified atom stereocenters. The number of nitrogens with one attached hydrogen (secondary N) is 2. The Hall–Kier alpha value is -1.82. The van der Waals surface area contributed by atoms with Crippen LogP contribution >= 0.6 is 0 Å². The predicted molar refractivity (Wildman–Crippen MR) is 62.9 cm³/mol. The molecule has 88 valence electrons. The standard InChI is InChI=1S/C10H17N5O/c1-3-12-10(15-11)14-7-8-4-5-9(16-2)13-6-8/h4-6H,3,7,11H2,1-2H3,(H2,12,14,15). The first-order valence-electron chi connectivity index (χ1n) is 5.04. The predicted octanol–water partition coefficient (Wildman–Crippen LogP) is 0.0190. The Bertz CT molecular complexity index is 336. The molecule has 0 amide bonds. The maximum Gasteiger partial charge on any atom is 0.212 e. The molecule has 0 aliphatic heterocycles. The van der Waals surface area contributed by atoms with Crippen molar-refractivity contribution in [1.82, 2.24) is 15.7 Å². The second-order valence-electron chi connectivity index (χ2n) is 3.05. The molecule has 4 N–H and O–H groups in total. The third-order valence-corrected chi connectivity index (χ3v) is 1.91. The average molecular weight is 223 g/mol. The van der Waals surface area contributed by atoms with Crippen LogP contribution in [0.3, 0.4) is 0 Å². The summed E-state index contributed by atoms with van der Waals surface area (Å²) in [5.74, 6) is 6.45. The van der Waals surface area contributed by atoms with E-state index in [0.717, 1.165) is 12.1 Å². The highest BCUT2D eigenvalue weighted by Gasteiger charge is 1.96. The van der Waals surface area contributed by atoms with Crippen LogP contribution in [0.15, 0.2) is 23.3 Å². The van der Waals surface area contributed by atoms with Crippen LogP contribution in [0.2, 0.25) is 0 Å². The molecule has 1 aromatic heterocycles. The van der Waals surface area contributed by atoms with Gasteiger partial charge < -0.3 is 10.1 Å². The van der Waals surface area contributed by atoms with Crippen LogP contribution in [0.25, 0.3) is 0 Å². The molecule has 6 heteroatoms. The summed E-state index contributed by atoms with van der Waals surface area (Å²) in [4.78, 5) is 8.33. The molecule has 0 atom stereocenters. The van der Waals surface area contributed by atoms with E-state index in [9.17, 15) is 0 Å². The first-order valence-corrected chi connectivity index (χ1v) is 5.04. The monoisotopic (exact) mass is 223 g/mol. The average Bonchev–Trinajstić information content (AvgIpc) is 2.35. The SMILES string of the molecule is CCNC(=NCc1ccc(OC)nc1)NN. The molecule has 1 aromatic rings. The number of aliphatic imine (C=N–C) groups is 1. The van der Waals surface area contributed by atoms with Gasteiger partial charge in [-0.25, -0.2) is 15.8 Å². The molecule has 0 spiro atoms. The summed E-state index contributed by atoms with van der Waals surface area (Å²) in [6.07, 6.45) is 1.72. The molecule has 0 saturated heterocycles. The summed E-state index contributed by atoms with van der Waals surface area (Å²) < 4.78 is 4.96. The number of aromatic nitrogens is 1. The molecule has 0 bridgehead atoms. The Morgan fingerprint density at radius 3 is 2.88 bits per heavy atom. The lowest BCUT2D eigenvalue weighted by Crippen LogP contribution is -2.41. The number of hydrogen-bond acceptors (Lipinski definition) is 4. The van der Waals surface area contributed by atoms with E-state index in [1.807, 2.05) is 13.0 Å². The molecule has 0 fully saturated rings. The zero-order valence-electron chi connectivity index (χ0n) is 9.53. The molecule has 1 heterocycles. The highest BCUT2D eigenvalue weighted by atomic mass is 16.5. The third-order valence-electron chi connectivity index (χ3n) is 1.91.